The van der Waals surface area contributed by atoms with E-state index in [2.05, 4.69) is 0 Å². The Balaban J connectivity index is 1.49. The number of hydrogen-bond donors (Lipinski definition) is 0. The lowest BCUT2D eigenvalue weighted by Gasteiger charge is -2.22. The molecule has 0 aliphatic carbocycles. The Morgan fingerprint density at radius 2 is 1.97 bits per heavy atom. The summed E-state index contributed by atoms with van der Waals surface area (Å²) in [6, 6.07) is 13.1. The molecule has 0 N–H and O–H groups in total. The first-order valence-corrected chi connectivity index (χ1v) is 11.3. The molecule has 172 valence electrons. The van der Waals surface area contributed by atoms with Crippen LogP contribution in [0.4, 0.5) is 4.79 Å². The van der Waals surface area contributed by atoms with Gasteiger partial charge >= 0.3 is 17.7 Å². The van der Waals surface area contributed by atoms with Gasteiger partial charge in [0.15, 0.2) is 5.75 Å². The predicted molar refractivity (Wildman–Crippen MR) is 123 cm³/mol. The van der Waals surface area contributed by atoms with Crippen LogP contribution >= 0.6 is 11.6 Å². The van der Waals surface area contributed by atoms with Crippen LogP contribution < -0.4 is 10.4 Å². The number of likely N-dealkylation sites (tertiary alicyclic amines) is 1. The first-order chi connectivity index (χ1) is 16.0. The smallest absolute Gasteiger partial charge is 0.410 e. The highest BCUT2D eigenvalue weighted by Gasteiger charge is 2.37. The number of amides is 1. The van der Waals surface area contributed by atoms with Gasteiger partial charge in [-0.05, 0) is 36.5 Å². The summed E-state index contributed by atoms with van der Waals surface area (Å²) in [6.45, 7) is 2.53. The molecule has 8 heteroatoms. The number of ether oxygens (including phenoxy) is 2. The number of benzene rings is 2. The van der Waals surface area contributed by atoms with E-state index < -0.39 is 23.7 Å². The Morgan fingerprint density at radius 3 is 2.73 bits per heavy atom. The highest BCUT2D eigenvalue weighted by molar-refractivity contribution is 6.33. The highest BCUT2D eigenvalue weighted by Crippen LogP contribution is 2.32. The Labute approximate surface area is 195 Å². The summed E-state index contributed by atoms with van der Waals surface area (Å²) in [6.07, 6.45) is 2.09. The molecule has 0 unspecified atom stereocenters. The van der Waals surface area contributed by atoms with Crippen LogP contribution in [0.3, 0.4) is 0 Å². The zero-order chi connectivity index (χ0) is 23.4. The van der Waals surface area contributed by atoms with Crippen LogP contribution in [-0.4, -0.2) is 29.5 Å². The number of nitrogens with zero attached hydrogens (tertiary/aromatic N) is 1. The number of fused-ring (bicyclic) bond motifs is 1. The van der Waals surface area contributed by atoms with Gasteiger partial charge in [-0.2, -0.15) is 0 Å². The molecular weight excluding hydrogens is 446 g/mol. The SMILES string of the molecule is CCCc1cc(=O)oc2cc(OC(=O)[C@H]3CCCN3C(=O)OCc3ccccc3)c(Cl)cc12. The van der Waals surface area contributed by atoms with Crippen LogP contribution in [0.2, 0.25) is 5.02 Å². The topological polar surface area (TPSA) is 86.0 Å². The number of aryl methyl sites for hydroxylation is 1. The molecule has 4 rings (SSSR count). The van der Waals surface area contributed by atoms with Crippen molar-refractivity contribution in [2.24, 2.45) is 0 Å². The number of carbonyl (C=O) groups is 2. The Morgan fingerprint density at radius 1 is 1.18 bits per heavy atom. The maximum atomic E-state index is 12.9. The van der Waals surface area contributed by atoms with Crippen molar-refractivity contribution in [3.8, 4) is 5.75 Å². The zero-order valence-corrected chi connectivity index (χ0v) is 19.0. The molecule has 2 aromatic carbocycles. The van der Waals surface area contributed by atoms with Gasteiger partial charge in [0.05, 0.1) is 5.02 Å². The molecule has 7 nitrogen and oxygen atoms in total. The molecule has 2 heterocycles. The molecule has 1 atom stereocenters. The van der Waals surface area contributed by atoms with E-state index >= 15 is 0 Å². The van der Waals surface area contributed by atoms with Crippen molar-refractivity contribution >= 4 is 34.6 Å². The van der Waals surface area contributed by atoms with Crippen LogP contribution in [-0.2, 0) is 22.6 Å². The molecule has 1 aliphatic heterocycles. The highest BCUT2D eigenvalue weighted by atomic mass is 35.5. The fourth-order valence-electron chi connectivity index (χ4n) is 3.99. The third-order valence-corrected chi connectivity index (χ3v) is 5.87. The normalized spacial score (nSPS) is 15.6. The zero-order valence-electron chi connectivity index (χ0n) is 18.2. The molecule has 1 saturated heterocycles. The van der Waals surface area contributed by atoms with Crippen molar-refractivity contribution < 1.29 is 23.5 Å². The number of carbonyl (C=O) groups excluding carboxylic acids is 2. The van der Waals surface area contributed by atoms with Gasteiger partial charge in [0.2, 0.25) is 0 Å². The van der Waals surface area contributed by atoms with Gasteiger partial charge in [0.25, 0.3) is 0 Å². The van der Waals surface area contributed by atoms with Crippen molar-refractivity contribution in [3.63, 3.8) is 0 Å². The summed E-state index contributed by atoms with van der Waals surface area (Å²) < 4.78 is 16.2. The van der Waals surface area contributed by atoms with E-state index in [1.807, 2.05) is 37.3 Å². The number of halogens is 1. The minimum atomic E-state index is -0.779. The van der Waals surface area contributed by atoms with Crippen molar-refractivity contribution in [1.29, 1.82) is 0 Å². The van der Waals surface area contributed by atoms with E-state index in [0.29, 0.717) is 36.8 Å². The summed E-state index contributed by atoms with van der Waals surface area (Å²) in [5, 5.41) is 0.923. The lowest BCUT2D eigenvalue weighted by atomic mass is 10.1. The van der Waals surface area contributed by atoms with Gasteiger partial charge < -0.3 is 13.9 Å². The molecule has 0 saturated carbocycles. The maximum absolute atomic E-state index is 12.9. The second-order valence-corrected chi connectivity index (χ2v) is 8.34. The van der Waals surface area contributed by atoms with E-state index in [0.717, 1.165) is 17.5 Å². The number of esters is 1. The fourth-order valence-corrected chi connectivity index (χ4v) is 4.19. The molecular formula is C25H24ClNO6. The third-order valence-electron chi connectivity index (χ3n) is 5.58. The maximum Gasteiger partial charge on any atom is 0.410 e. The van der Waals surface area contributed by atoms with Crippen molar-refractivity contribution in [2.45, 2.75) is 45.3 Å². The van der Waals surface area contributed by atoms with Crippen molar-refractivity contribution in [1.82, 2.24) is 4.90 Å². The summed E-state index contributed by atoms with van der Waals surface area (Å²) >= 11 is 6.38. The summed E-state index contributed by atoms with van der Waals surface area (Å²) in [4.78, 5) is 38.8. The van der Waals surface area contributed by atoms with Crippen molar-refractivity contribution in [2.75, 3.05) is 6.54 Å². The van der Waals surface area contributed by atoms with E-state index in [4.69, 9.17) is 25.5 Å². The quantitative estimate of drug-likeness (QED) is 0.283. The second kappa shape index (κ2) is 10.1. The first kappa shape index (κ1) is 22.9. The minimum absolute atomic E-state index is 0.0791. The van der Waals surface area contributed by atoms with E-state index in [-0.39, 0.29) is 17.4 Å². The average molecular weight is 470 g/mol. The summed E-state index contributed by atoms with van der Waals surface area (Å²) in [7, 11) is 0. The van der Waals surface area contributed by atoms with Crippen LogP contribution in [0.5, 0.6) is 5.75 Å². The monoisotopic (exact) mass is 469 g/mol. The predicted octanol–water partition coefficient (Wildman–Crippen LogP) is 5.11. The van der Waals surface area contributed by atoms with Gasteiger partial charge in [-0.1, -0.05) is 55.3 Å². The molecule has 0 spiro atoms. The Hall–Kier alpha value is -3.32. The van der Waals surface area contributed by atoms with Crippen molar-refractivity contribution in [3.05, 3.63) is 75.1 Å². The number of hydrogen-bond acceptors (Lipinski definition) is 6. The summed E-state index contributed by atoms with van der Waals surface area (Å²) in [5.74, 6) is -0.534. The largest absolute Gasteiger partial charge is 0.445 e. The molecule has 0 bridgehead atoms. The molecule has 3 aromatic rings. The average Bonchev–Trinajstić information content (AvgIpc) is 3.30. The van der Waals surface area contributed by atoms with Gasteiger partial charge in [-0.3, -0.25) is 4.90 Å². The molecule has 1 fully saturated rings. The lowest BCUT2D eigenvalue weighted by Crippen LogP contribution is -2.42. The number of rotatable bonds is 6. The molecule has 1 aliphatic rings. The second-order valence-electron chi connectivity index (χ2n) is 7.93. The minimum Gasteiger partial charge on any atom is -0.445 e. The molecule has 0 radical (unpaired) electrons. The van der Waals surface area contributed by atoms with E-state index in [9.17, 15) is 14.4 Å². The van der Waals surface area contributed by atoms with Gasteiger partial charge in [0, 0.05) is 24.1 Å². The third kappa shape index (κ3) is 5.20. The fraction of sp³-hybridized carbons (Fsp3) is 0.320. The van der Waals surface area contributed by atoms with Crippen LogP contribution in [0.25, 0.3) is 11.0 Å². The van der Waals surface area contributed by atoms with Crippen LogP contribution in [0.1, 0.15) is 37.3 Å². The molecule has 33 heavy (non-hydrogen) atoms. The summed E-state index contributed by atoms with van der Waals surface area (Å²) in [5.41, 5.74) is 1.50. The van der Waals surface area contributed by atoms with Gasteiger partial charge in [-0.25, -0.2) is 14.4 Å². The Kier molecular flexibility index (Phi) is 6.99. The molecule has 1 aromatic heterocycles. The van der Waals surface area contributed by atoms with E-state index in [1.165, 1.54) is 17.0 Å². The first-order valence-electron chi connectivity index (χ1n) is 10.9. The standard InChI is InChI=1S/C25H24ClNO6/c1-2-7-17-12-23(28)32-21-14-22(19(26)13-18(17)21)33-24(29)20-10-6-11-27(20)25(30)31-15-16-8-4-3-5-9-16/h3-5,8-9,12-14,20H,2,6-7,10-11,15H2,1H3/t20-/m1/s1. The lowest BCUT2D eigenvalue weighted by molar-refractivity contribution is -0.139. The van der Waals surface area contributed by atoms with Crippen LogP contribution in [0.15, 0.2) is 57.7 Å². The van der Waals surface area contributed by atoms with Gasteiger partial charge in [0.1, 0.15) is 18.2 Å². The van der Waals surface area contributed by atoms with Crippen LogP contribution in [0, 0.1) is 0 Å². The van der Waals surface area contributed by atoms with Gasteiger partial charge in [-0.15, -0.1) is 0 Å². The Bertz CT molecular complexity index is 1220. The van der Waals surface area contributed by atoms with E-state index in [1.54, 1.807) is 6.07 Å². The molecule has 1 amide bonds.